The molecule has 29 heavy (non-hydrogen) atoms. The number of hydrogen-bond donors (Lipinski definition) is 3. The molecule has 0 saturated heterocycles. The van der Waals surface area contributed by atoms with Crippen molar-refractivity contribution in [1.29, 1.82) is 0 Å². The monoisotopic (exact) mass is 393 g/mol. The van der Waals surface area contributed by atoms with Crippen LogP contribution in [0.2, 0.25) is 0 Å². The van der Waals surface area contributed by atoms with Crippen LogP contribution in [-0.4, -0.2) is 36.9 Å². The van der Waals surface area contributed by atoms with E-state index in [1.807, 2.05) is 30.3 Å². The van der Waals surface area contributed by atoms with E-state index in [0.717, 1.165) is 16.4 Å². The summed E-state index contributed by atoms with van der Waals surface area (Å²) in [6.07, 6.45) is 2.80. The number of aromatic amines is 1. The summed E-state index contributed by atoms with van der Waals surface area (Å²) in [4.78, 5) is 30.8. The molecule has 146 valence electrons. The number of aliphatic carboxylic acids is 1. The maximum Gasteiger partial charge on any atom is 0.326 e. The van der Waals surface area contributed by atoms with Crippen molar-refractivity contribution in [2.24, 2.45) is 0 Å². The van der Waals surface area contributed by atoms with Crippen LogP contribution in [0, 0.1) is 5.82 Å². The number of aromatic nitrogens is 4. The SMILES string of the molecule is O=C(O)C(Cc1ccccc1)Nc1ccc(=O)n(-c2c[nH]c3ncc(F)cc23)n1. The number of H-pyrrole nitrogens is 1. The number of benzene rings is 1. The molecule has 0 aliphatic heterocycles. The van der Waals surface area contributed by atoms with Gasteiger partial charge in [-0.25, -0.2) is 14.2 Å². The van der Waals surface area contributed by atoms with Crippen molar-refractivity contribution in [3.05, 3.63) is 82.7 Å². The smallest absolute Gasteiger partial charge is 0.326 e. The zero-order valence-electron chi connectivity index (χ0n) is 15.0. The first-order chi connectivity index (χ1) is 14.0. The number of anilines is 1. The number of pyridine rings is 1. The molecule has 8 nitrogen and oxygen atoms in total. The van der Waals surface area contributed by atoms with E-state index in [1.165, 1.54) is 24.4 Å². The van der Waals surface area contributed by atoms with E-state index in [2.05, 4.69) is 20.4 Å². The lowest BCUT2D eigenvalue weighted by molar-refractivity contribution is -0.137. The van der Waals surface area contributed by atoms with Crippen molar-refractivity contribution in [3.63, 3.8) is 0 Å². The number of carboxylic acid groups (broad SMARTS) is 1. The van der Waals surface area contributed by atoms with Gasteiger partial charge in [0.05, 0.1) is 11.9 Å². The maximum atomic E-state index is 13.6. The summed E-state index contributed by atoms with van der Waals surface area (Å²) < 4.78 is 14.7. The van der Waals surface area contributed by atoms with Gasteiger partial charge in [0, 0.05) is 24.1 Å². The Bertz CT molecular complexity index is 1240. The number of nitrogens with one attached hydrogen (secondary N) is 2. The largest absolute Gasteiger partial charge is 0.480 e. The fourth-order valence-corrected chi connectivity index (χ4v) is 3.03. The molecule has 1 atom stereocenters. The summed E-state index contributed by atoms with van der Waals surface area (Å²) in [5.41, 5.74) is 1.12. The number of hydrogen-bond acceptors (Lipinski definition) is 5. The van der Waals surface area contributed by atoms with Crippen molar-refractivity contribution in [3.8, 4) is 5.69 Å². The standard InChI is InChI=1S/C20H16FN5O3/c21-13-9-14-16(11-23-19(14)22-10-13)26-18(27)7-6-17(25-26)24-15(20(28)29)8-12-4-2-1-3-5-12/h1-7,9-11,15H,8H2,(H,22,23)(H,24,25)(H,28,29). The van der Waals surface area contributed by atoms with Crippen LogP contribution in [-0.2, 0) is 11.2 Å². The van der Waals surface area contributed by atoms with Crippen molar-refractivity contribution in [2.75, 3.05) is 5.32 Å². The van der Waals surface area contributed by atoms with Crippen LogP contribution in [0.4, 0.5) is 10.2 Å². The molecule has 0 amide bonds. The number of carboxylic acids is 1. The molecule has 4 aromatic rings. The lowest BCUT2D eigenvalue weighted by atomic mass is 10.1. The Morgan fingerprint density at radius 1 is 1.24 bits per heavy atom. The minimum Gasteiger partial charge on any atom is -0.480 e. The van der Waals surface area contributed by atoms with Crippen LogP contribution in [0.5, 0.6) is 0 Å². The van der Waals surface area contributed by atoms with Crippen molar-refractivity contribution >= 4 is 22.8 Å². The molecular weight excluding hydrogens is 377 g/mol. The lowest BCUT2D eigenvalue weighted by Crippen LogP contribution is -2.33. The van der Waals surface area contributed by atoms with Gasteiger partial charge in [-0.1, -0.05) is 30.3 Å². The Morgan fingerprint density at radius 3 is 2.79 bits per heavy atom. The van der Waals surface area contributed by atoms with Crippen LogP contribution in [0.15, 0.2) is 65.7 Å². The van der Waals surface area contributed by atoms with E-state index in [-0.39, 0.29) is 12.2 Å². The fraction of sp³-hybridized carbons (Fsp3) is 0.100. The maximum absolute atomic E-state index is 13.6. The summed E-state index contributed by atoms with van der Waals surface area (Å²) in [5, 5.41) is 17.0. The van der Waals surface area contributed by atoms with Crippen LogP contribution in [0.25, 0.3) is 16.7 Å². The molecule has 9 heteroatoms. The molecule has 3 N–H and O–H groups in total. The topological polar surface area (TPSA) is 113 Å². The first-order valence-electron chi connectivity index (χ1n) is 8.78. The molecule has 1 unspecified atom stereocenters. The van der Waals surface area contributed by atoms with Gasteiger partial charge >= 0.3 is 5.97 Å². The van der Waals surface area contributed by atoms with Crippen molar-refractivity contribution in [2.45, 2.75) is 12.5 Å². The average Bonchev–Trinajstić information content (AvgIpc) is 3.12. The zero-order valence-corrected chi connectivity index (χ0v) is 15.0. The number of fused-ring (bicyclic) bond motifs is 1. The number of carbonyl (C=O) groups is 1. The lowest BCUT2D eigenvalue weighted by Gasteiger charge is -2.16. The van der Waals surface area contributed by atoms with Gasteiger partial charge in [-0.15, -0.1) is 5.10 Å². The number of halogens is 1. The summed E-state index contributed by atoms with van der Waals surface area (Å²) in [6.45, 7) is 0. The summed E-state index contributed by atoms with van der Waals surface area (Å²) >= 11 is 0. The predicted octanol–water partition coefficient (Wildman–Crippen LogP) is 2.36. The highest BCUT2D eigenvalue weighted by Crippen LogP contribution is 2.20. The number of rotatable bonds is 6. The molecule has 0 fully saturated rings. The molecule has 0 radical (unpaired) electrons. The Morgan fingerprint density at radius 2 is 2.03 bits per heavy atom. The van der Waals surface area contributed by atoms with Crippen molar-refractivity contribution in [1.82, 2.24) is 19.7 Å². The van der Waals surface area contributed by atoms with Gasteiger partial charge in [-0.2, -0.15) is 4.68 Å². The highest BCUT2D eigenvalue weighted by molar-refractivity contribution is 5.85. The second-order valence-corrected chi connectivity index (χ2v) is 6.42. The first kappa shape index (κ1) is 18.4. The predicted molar refractivity (Wildman–Crippen MR) is 105 cm³/mol. The molecule has 0 saturated carbocycles. The molecule has 0 spiro atoms. The van der Waals surface area contributed by atoms with Crippen LogP contribution in [0.1, 0.15) is 5.56 Å². The van der Waals surface area contributed by atoms with Gasteiger partial charge in [0.15, 0.2) is 0 Å². The Balaban J connectivity index is 1.68. The molecule has 0 aliphatic carbocycles. The van der Waals surface area contributed by atoms with Gasteiger partial charge < -0.3 is 15.4 Å². The molecule has 0 bridgehead atoms. The van der Waals surface area contributed by atoms with E-state index in [9.17, 15) is 19.1 Å². The molecule has 3 heterocycles. The second-order valence-electron chi connectivity index (χ2n) is 6.42. The van der Waals surface area contributed by atoms with Gasteiger partial charge in [0.2, 0.25) is 0 Å². The highest BCUT2D eigenvalue weighted by atomic mass is 19.1. The Labute approximate surface area is 163 Å². The van der Waals surface area contributed by atoms with E-state index in [0.29, 0.717) is 16.7 Å². The minimum atomic E-state index is -1.05. The second kappa shape index (κ2) is 7.55. The van der Waals surface area contributed by atoms with Crippen LogP contribution < -0.4 is 10.9 Å². The molecule has 1 aromatic carbocycles. The summed E-state index contributed by atoms with van der Waals surface area (Å²) in [5.74, 6) is -1.40. The number of nitrogens with zero attached hydrogens (tertiary/aromatic N) is 3. The third-order valence-corrected chi connectivity index (χ3v) is 4.41. The quantitative estimate of drug-likeness (QED) is 0.464. The van der Waals surface area contributed by atoms with E-state index in [1.54, 1.807) is 0 Å². The first-order valence-corrected chi connectivity index (χ1v) is 8.78. The zero-order chi connectivity index (χ0) is 20.4. The van der Waals surface area contributed by atoms with Gasteiger partial charge in [-0.3, -0.25) is 4.79 Å². The third kappa shape index (κ3) is 3.84. The molecular formula is C20H16FN5O3. The van der Waals surface area contributed by atoms with Gasteiger partial charge in [0.25, 0.3) is 5.56 Å². The fourth-order valence-electron chi connectivity index (χ4n) is 3.03. The van der Waals surface area contributed by atoms with Gasteiger partial charge in [0.1, 0.15) is 23.3 Å². The van der Waals surface area contributed by atoms with Gasteiger partial charge in [-0.05, 0) is 17.7 Å². The van der Waals surface area contributed by atoms with Crippen LogP contribution >= 0.6 is 0 Å². The molecule has 0 aliphatic rings. The highest BCUT2D eigenvalue weighted by Gasteiger charge is 2.19. The van der Waals surface area contributed by atoms with E-state index >= 15 is 0 Å². The summed E-state index contributed by atoms with van der Waals surface area (Å²) in [6, 6.07) is 12.2. The Hall–Kier alpha value is -4.01. The summed E-state index contributed by atoms with van der Waals surface area (Å²) in [7, 11) is 0. The Kier molecular flexibility index (Phi) is 4.78. The molecule has 3 aromatic heterocycles. The third-order valence-electron chi connectivity index (χ3n) is 4.41. The van der Waals surface area contributed by atoms with E-state index in [4.69, 9.17) is 0 Å². The van der Waals surface area contributed by atoms with Crippen molar-refractivity contribution < 1.29 is 14.3 Å². The van der Waals surface area contributed by atoms with E-state index < -0.39 is 23.4 Å². The molecule has 4 rings (SSSR count). The normalized spacial score (nSPS) is 12.0. The average molecular weight is 393 g/mol. The van der Waals surface area contributed by atoms with Crippen LogP contribution in [0.3, 0.4) is 0 Å². The minimum absolute atomic E-state index is 0.201.